The molecule has 0 spiro atoms. The highest BCUT2D eigenvalue weighted by Gasteiger charge is 2.62. The summed E-state index contributed by atoms with van der Waals surface area (Å²) in [5.74, 6) is 0.773. The highest BCUT2D eigenvalue weighted by molar-refractivity contribution is 5.75. The van der Waals surface area contributed by atoms with E-state index in [-0.39, 0.29) is 23.5 Å². The van der Waals surface area contributed by atoms with Gasteiger partial charge in [-0.1, -0.05) is 13.8 Å². The van der Waals surface area contributed by atoms with Gasteiger partial charge >= 0.3 is 5.97 Å². The number of carboxylic acids is 1. The van der Waals surface area contributed by atoms with Crippen molar-refractivity contribution in [2.24, 2.45) is 17.3 Å². The van der Waals surface area contributed by atoms with Gasteiger partial charge in [0.1, 0.15) is 11.5 Å². The molecule has 4 nitrogen and oxygen atoms in total. The van der Waals surface area contributed by atoms with Crippen LogP contribution in [0.2, 0.25) is 0 Å². The maximum atomic E-state index is 11.0. The van der Waals surface area contributed by atoms with Crippen LogP contribution in [0, 0.1) is 17.3 Å². The molecule has 0 amide bonds. The Balaban J connectivity index is 1.92. The Morgan fingerprint density at radius 3 is 2.19 bits per heavy atom. The number of carbonyl (C=O) groups is 1. The summed E-state index contributed by atoms with van der Waals surface area (Å²) in [5.41, 5.74) is -0.136. The fraction of sp³-hybridized carbons (Fsp3) is 0.750. The molecule has 1 N–H and O–H groups in total. The first-order valence-electron chi connectivity index (χ1n) is 5.57. The van der Waals surface area contributed by atoms with E-state index < -0.39 is 5.97 Å². The molecule has 2 rings (SSSR count). The van der Waals surface area contributed by atoms with Crippen molar-refractivity contribution in [1.82, 2.24) is 0 Å². The molecule has 0 saturated heterocycles. The van der Waals surface area contributed by atoms with Crippen molar-refractivity contribution in [2.45, 2.75) is 40.4 Å². The summed E-state index contributed by atoms with van der Waals surface area (Å²) in [7, 11) is 0. The van der Waals surface area contributed by atoms with Crippen molar-refractivity contribution in [1.29, 1.82) is 0 Å². The lowest BCUT2D eigenvalue weighted by atomic mass is 10.1. The van der Waals surface area contributed by atoms with Gasteiger partial charge < -0.3 is 14.6 Å². The molecular formula is C12H18O4. The number of hydrogen-bond donors (Lipinski definition) is 1. The van der Waals surface area contributed by atoms with Crippen LogP contribution in [0.5, 0.6) is 0 Å². The number of hydrogen-bond acceptors (Lipinski definition) is 3. The quantitative estimate of drug-likeness (QED) is 0.802. The molecule has 1 aliphatic heterocycles. The summed E-state index contributed by atoms with van der Waals surface area (Å²) in [4.78, 5) is 11.0. The molecule has 2 unspecified atom stereocenters. The lowest BCUT2D eigenvalue weighted by molar-refractivity contribution is -0.139. The number of allylic oxidation sites excluding steroid dienone is 2. The molecule has 4 heteroatoms. The number of carboxylic acid groups (broad SMARTS) is 1. The molecule has 16 heavy (non-hydrogen) atoms. The topological polar surface area (TPSA) is 55.8 Å². The predicted octanol–water partition coefficient (Wildman–Crippen LogP) is 2.36. The highest BCUT2D eigenvalue weighted by Crippen LogP contribution is 2.60. The van der Waals surface area contributed by atoms with Gasteiger partial charge in [0.25, 0.3) is 0 Å². The van der Waals surface area contributed by atoms with E-state index in [1.807, 2.05) is 27.7 Å². The average molecular weight is 226 g/mol. The average Bonchev–Trinajstić information content (AvgIpc) is 2.51. The molecule has 1 heterocycles. The van der Waals surface area contributed by atoms with Crippen LogP contribution in [0.3, 0.4) is 0 Å². The van der Waals surface area contributed by atoms with Gasteiger partial charge in [-0.05, 0) is 25.2 Å². The third-order valence-electron chi connectivity index (χ3n) is 3.88. The Kier molecular flexibility index (Phi) is 2.40. The van der Waals surface area contributed by atoms with Crippen LogP contribution in [0.15, 0.2) is 11.5 Å². The van der Waals surface area contributed by atoms with Crippen molar-refractivity contribution in [3.63, 3.8) is 0 Å². The molecule has 0 aromatic carbocycles. The van der Waals surface area contributed by atoms with Crippen LogP contribution < -0.4 is 0 Å². The van der Waals surface area contributed by atoms with Crippen molar-refractivity contribution in [3.05, 3.63) is 11.5 Å². The van der Waals surface area contributed by atoms with E-state index in [0.717, 1.165) is 11.5 Å². The molecule has 1 saturated carbocycles. The van der Waals surface area contributed by atoms with Crippen LogP contribution in [-0.2, 0) is 14.3 Å². The van der Waals surface area contributed by atoms with Gasteiger partial charge in [0.2, 0.25) is 6.29 Å². The van der Waals surface area contributed by atoms with Crippen molar-refractivity contribution in [3.8, 4) is 0 Å². The Bertz CT molecular complexity index is 342. The molecular weight excluding hydrogens is 208 g/mol. The zero-order valence-corrected chi connectivity index (χ0v) is 10.1. The Morgan fingerprint density at radius 2 is 1.81 bits per heavy atom. The van der Waals surface area contributed by atoms with E-state index in [1.54, 1.807) is 0 Å². The lowest BCUT2D eigenvalue weighted by Gasteiger charge is -2.12. The summed E-state index contributed by atoms with van der Waals surface area (Å²) in [6, 6.07) is 0. The minimum atomic E-state index is -0.714. The number of aliphatic carboxylic acids is 1. The van der Waals surface area contributed by atoms with Gasteiger partial charge in [-0.15, -0.1) is 0 Å². The zero-order valence-electron chi connectivity index (χ0n) is 10.1. The first-order valence-corrected chi connectivity index (χ1v) is 5.57. The van der Waals surface area contributed by atoms with Gasteiger partial charge in [0.15, 0.2) is 0 Å². The molecule has 1 fully saturated rings. The fourth-order valence-electron chi connectivity index (χ4n) is 2.56. The largest absolute Gasteiger partial charge is 0.481 e. The summed E-state index contributed by atoms with van der Waals surface area (Å²) in [6.07, 6.45) is 0.354. The predicted molar refractivity (Wildman–Crippen MR) is 57.3 cm³/mol. The van der Waals surface area contributed by atoms with Crippen molar-refractivity contribution in [2.75, 3.05) is 0 Å². The van der Waals surface area contributed by atoms with Crippen molar-refractivity contribution < 1.29 is 19.4 Å². The third-order valence-corrected chi connectivity index (χ3v) is 3.88. The minimum Gasteiger partial charge on any atom is -0.481 e. The standard InChI is InChI=1S/C12H18O4/c1-6-7(2)16-9(15-6)5-8-10(11(13)14)12(8,3)4/h8-10H,5H2,1-4H3,(H,13,14). The monoisotopic (exact) mass is 226 g/mol. The second kappa shape index (κ2) is 3.40. The molecule has 0 aromatic heterocycles. The van der Waals surface area contributed by atoms with Crippen LogP contribution >= 0.6 is 0 Å². The Hall–Kier alpha value is -1.19. The molecule has 90 valence electrons. The van der Waals surface area contributed by atoms with E-state index in [2.05, 4.69) is 0 Å². The molecule has 0 bridgehead atoms. The molecule has 2 aliphatic rings. The second-order valence-corrected chi connectivity index (χ2v) is 5.26. The lowest BCUT2D eigenvalue weighted by Crippen LogP contribution is -2.11. The van der Waals surface area contributed by atoms with Crippen LogP contribution in [0.4, 0.5) is 0 Å². The van der Waals surface area contributed by atoms with E-state index in [0.29, 0.717) is 6.42 Å². The summed E-state index contributed by atoms with van der Waals surface area (Å²) >= 11 is 0. The van der Waals surface area contributed by atoms with Gasteiger partial charge in [-0.2, -0.15) is 0 Å². The molecule has 0 aromatic rings. The van der Waals surface area contributed by atoms with Crippen LogP contribution in [0.25, 0.3) is 0 Å². The van der Waals surface area contributed by atoms with Crippen molar-refractivity contribution >= 4 is 5.97 Å². The zero-order chi connectivity index (χ0) is 12.1. The SMILES string of the molecule is CC1=C(C)OC(CC2C(C(=O)O)C2(C)C)O1. The molecule has 1 aliphatic carbocycles. The minimum absolute atomic E-state index is 0.136. The van der Waals surface area contributed by atoms with Crippen LogP contribution in [-0.4, -0.2) is 17.4 Å². The third kappa shape index (κ3) is 1.66. The first-order chi connectivity index (χ1) is 7.34. The Morgan fingerprint density at radius 1 is 1.31 bits per heavy atom. The van der Waals surface area contributed by atoms with E-state index in [1.165, 1.54) is 0 Å². The van der Waals surface area contributed by atoms with E-state index in [9.17, 15) is 4.79 Å². The first kappa shape index (κ1) is 11.3. The van der Waals surface area contributed by atoms with Crippen LogP contribution in [0.1, 0.15) is 34.1 Å². The Labute approximate surface area is 95.2 Å². The highest BCUT2D eigenvalue weighted by atomic mass is 16.7. The summed E-state index contributed by atoms with van der Waals surface area (Å²) < 4.78 is 11.0. The van der Waals surface area contributed by atoms with E-state index in [4.69, 9.17) is 14.6 Å². The maximum Gasteiger partial charge on any atom is 0.307 e. The van der Waals surface area contributed by atoms with Gasteiger partial charge in [0, 0.05) is 6.42 Å². The number of ether oxygens (including phenoxy) is 2. The smallest absolute Gasteiger partial charge is 0.307 e. The molecule has 2 atom stereocenters. The summed E-state index contributed by atoms with van der Waals surface area (Å²) in [6.45, 7) is 7.70. The van der Waals surface area contributed by atoms with Gasteiger partial charge in [-0.25, -0.2) is 0 Å². The number of rotatable bonds is 3. The maximum absolute atomic E-state index is 11.0. The van der Waals surface area contributed by atoms with Gasteiger partial charge in [-0.3, -0.25) is 4.79 Å². The van der Waals surface area contributed by atoms with E-state index >= 15 is 0 Å². The molecule has 0 radical (unpaired) electrons. The van der Waals surface area contributed by atoms with Gasteiger partial charge in [0.05, 0.1) is 5.92 Å². The normalized spacial score (nSPS) is 32.2. The fourth-order valence-corrected chi connectivity index (χ4v) is 2.56. The summed E-state index contributed by atoms with van der Waals surface area (Å²) in [5, 5.41) is 9.05. The second-order valence-electron chi connectivity index (χ2n) is 5.26.